The first-order valence-corrected chi connectivity index (χ1v) is 10.4. The van der Waals surface area contributed by atoms with Gasteiger partial charge in [0, 0.05) is 22.9 Å². The van der Waals surface area contributed by atoms with Gasteiger partial charge >= 0.3 is 5.97 Å². The summed E-state index contributed by atoms with van der Waals surface area (Å²) in [7, 11) is 1.25. The van der Waals surface area contributed by atoms with Crippen molar-refractivity contribution in [2.45, 2.75) is 6.92 Å². The maximum absolute atomic E-state index is 12.8. The van der Waals surface area contributed by atoms with E-state index in [-0.39, 0.29) is 17.0 Å². The van der Waals surface area contributed by atoms with E-state index in [1.807, 2.05) is 49.4 Å². The zero-order valence-corrected chi connectivity index (χ0v) is 18.6. The van der Waals surface area contributed by atoms with E-state index in [9.17, 15) is 14.7 Å². The van der Waals surface area contributed by atoms with Crippen LogP contribution >= 0.6 is 0 Å². The minimum atomic E-state index is -0.581. The number of esters is 1. The highest BCUT2D eigenvalue weighted by Crippen LogP contribution is 2.26. The fourth-order valence-electron chi connectivity index (χ4n) is 3.35. The van der Waals surface area contributed by atoms with Gasteiger partial charge in [-0.3, -0.25) is 4.79 Å². The van der Waals surface area contributed by atoms with Gasteiger partial charge in [0.25, 0.3) is 5.91 Å². The molecule has 0 radical (unpaired) electrons. The summed E-state index contributed by atoms with van der Waals surface area (Å²) < 4.78 is 4.63. The molecule has 4 rings (SSSR count). The molecule has 3 aromatic carbocycles. The molecule has 0 aliphatic rings. The second-order valence-corrected chi connectivity index (χ2v) is 7.44. The van der Waals surface area contributed by atoms with Crippen LogP contribution in [0.4, 0.5) is 17.2 Å². The molecule has 0 saturated carbocycles. The molecule has 0 atom stereocenters. The lowest BCUT2D eigenvalue weighted by Gasteiger charge is -2.11. The number of hydrogen-bond acceptors (Lipinski definition) is 7. The predicted molar refractivity (Wildman–Crippen MR) is 129 cm³/mol. The first-order chi connectivity index (χ1) is 16.4. The molecule has 0 bridgehead atoms. The zero-order valence-electron chi connectivity index (χ0n) is 18.6. The molecule has 3 N–H and O–H groups in total. The molecule has 0 saturated heterocycles. The number of aryl methyl sites for hydroxylation is 1. The fraction of sp³-hybridized carbons (Fsp3) is 0.0769. The van der Waals surface area contributed by atoms with Crippen molar-refractivity contribution in [2.24, 2.45) is 0 Å². The molecule has 170 valence electrons. The van der Waals surface area contributed by atoms with Crippen LogP contribution in [0, 0.1) is 6.92 Å². The van der Waals surface area contributed by atoms with Crippen LogP contribution < -0.4 is 10.6 Å². The number of nitrogens with one attached hydrogen (secondary N) is 2. The van der Waals surface area contributed by atoms with Gasteiger partial charge in [-0.25, -0.2) is 14.8 Å². The normalized spacial score (nSPS) is 10.4. The van der Waals surface area contributed by atoms with E-state index in [1.165, 1.54) is 25.3 Å². The van der Waals surface area contributed by atoms with Gasteiger partial charge < -0.3 is 20.5 Å². The number of amides is 1. The molecular formula is C26H22N4O4. The summed E-state index contributed by atoms with van der Waals surface area (Å²) in [4.78, 5) is 33.3. The number of anilines is 3. The molecule has 8 nitrogen and oxygen atoms in total. The lowest BCUT2D eigenvalue weighted by atomic mass is 10.1. The highest BCUT2D eigenvalue weighted by molar-refractivity contribution is 6.06. The highest BCUT2D eigenvalue weighted by atomic mass is 16.5. The van der Waals surface area contributed by atoms with Crippen LogP contribution in [0.2, 0.25) is 0 Å². The number of aromatic hydroxyl groups is 1. The van der Waals surface area contributed by atoms with Crippen molar-refractivity contribution in [2.75, 3.05) is 17.7 Å². The first-order valence-electron chi connectivity index (χ1n) is 10.4. The average Bonchev–Trinajstić information content (AvgIpc) is 2.85. The highest BCUT2D eigenvalue weighted by Gasteiger charge is 2.13. The monoisotopic (exact) mass is 454 g/mol. The fourth-order valence-corrected chi connectivity index (χ4v) is 3.35. The van der Waals surface area contributed by atoms with Crippen molar-refractivity contribution < 1.29 is 19.4 Å². The minimum absolute atomic E-state index is 0.176. The van der Waals surface area contributed by atoms with Crippen LogP contribution in [-0.2, 0) is 4.74 Å². The lowest BCUT2D eigenvalue weighted by molar-refractivity contribution is 0.0600. The number of ether oxygens (including phenoxy) is 1. The summed E-state index contributed by atoms with van der Waals surface area (Å²) in [5.74, 6) is -0.0324. The topological polar surface area (TPSA) is 113 Å². The summed E-state index contributed by atoms with van der Waals surface area (Å²) in [6, 6.07) is 22.7. The second-order valence-electron chi connectivity index (χ2n) is 7.44. The molecule has 34 heavy (non-hydrogen) atoms. The summed E-state index contributed by atoms with van der Waals surface area (Å²) >= 11 is 0. The van der Waals surface area contributed by atoms with Crippen molar-refractivity contribution in [3.63, 3.8) is 0 Å². The molecule has 0 unspecified atom stereocenters. The minimum Gasteiger partial charge on any atom is -0.506 e. The Morgan fingerprint density at radius 3 is 2.41 bits per heavy atom. The van der Waals surface area contributed by atoms with Gasteiger partial charge in [-0.05, 0) is 43.3 Å². The van der Waals surface area contributed by atoms with Gasteiger partial charge in [-0.1, -0.05) is 36.4 Å². The summed E-state index contributed by atoms with van der Waals surface area (Å²) in [6.45, 7) is 1.82. The van der Waals surface area contributed by atoms with Crippen LogP contribution in [0.3, 0.4) is 0 Å². The van der Waals surface area contributed by atoms with E-state index >= 15 is 0 Å². The number of carbonyl (C=O) groups excluding carboxylic acids is 2. The van der Waals surface area contributed by atoms with Crippen molar-refractivity contribution in [1.29, 1.82) is 0 Å². The third-order valence-electron chi connectivity index (χ3n) is 4.97. The Hall–Kier alpha value is -4.72. The number of phenols is 1. The smallest absolute Gasteiger partial charge is 0.337 e. The van der Waals surface area contributed by atoms with E-state index in [1.54, 1.807) is 18.2 Å². The number of benzene rings is 3. The van der Waals surface area contributed by atoms with Gasteiger partial charge in [-0.2, -0.15) is 0 Å². The van der Waals surface area contributed by atoms with Crippen molar-refractivity contribution in [1.82, 2.24) is 9.97 Å². The number of nitrogens with zero attached hydrogens (tertiary/aromatic N) is 2. The van der Waals surface area contributed by atoms with Gasteiger partial charge in [0.1, 0.15) is 17.4 Å². The predicted octanol–water partition coefficient (Wildman–Crippen LogP) is 4.94. The van der Waals surface area contributed by atoms with Gasteiger partial charge in [0.05, 0.1) is 24.1 Å². The quantitative estimate of drug-likeness (QED) is 0.279. The molecule has 1 heterocycles. The lowest BCUT2D eigenvalue weighted by Crippen LogP contribution is -2.12. The SMILES string of the molecule is COC(=O)c1ccc(NC(=O)c2cccc(Nc3cc(-c4ccccc4)nc(C)n3)c2)c(O)c1. The molecule has 0 aliphatic heterocycles. The molecular weight excluding hydrogens is 432 g/mol. The number of rotatable bonds is 6. The summed E-state index contributed by atoms with van der Waals surface area (Å²) in [6.07, 6.45) is 0. The summed E-state index contributed by atoms with van der Waals surface area (Å²) in [5, 5.41) is 16.0. The van der Waals surface area contributed by atoms with Crippen LogP contribution in [0.1, 0.15) is 26.5 Å². The summed E-state index contributed by atoms with van der Waals surface area (Å²) in [5.41, 5.74) is 3.15. The Morgan fingerprint density at radius 2 is 1.68 bits per heavy atom. The van der Waals surface area contributed by atoms with Crippen LogP contribution in [0.15, 0.2) is 78.9 Å². The third-order valence-corrected chi connectivity index (χ3v) is 4.97. The van der Waals surface area contributed by atoms with E-state index in [0.29, 0.717) is 22.9 Å². The molecule has 0 fully saturated rings. The Balaban J connectivity index is 1.52. The van der Waals surface area contributed by atoms with Gasteiger partial charge in [0.15, 0.2) is 0 Å². The number of hydrogen-bond donors (Lipinski definition) is 3. The van der Waals surface area contributed by atoms with Crippen LogP contribution in [-0.4, -0.2) is 34.1 Å². The van der Waals surface area contributed by atoms with E-state index in [2.05, 4.69) is 25.3 Å². The number of carbonyl (C=O) groups is 2. The third kappa shape index (κ3) is 5.18. The Kier molecular flexibility index (Phi) is 6.49. The van der Waals surface area contributed by atoms with E-state index in [0.717, 1.165) is 11.3 Å². The second kappa shape index (κ2) is 9.83. The Labute approximate surface area is 196 Å². The van der Waals surface area contributed by atoms with Crippen molar-refractivity contribution >= 4 is 29.1 Å². The maximum atomic E-state index is 12.8. The molecule has 8 heteroatoms. The Morgan fingerprint density at radius 1 is 0.882 bits per heavy atom. The van der Waals surface area contributed by atoms with Crippen molar-refractivity contribution in [3.05, 3.63) is 95.8 Å². The number of methoxy groups -OCH3 is 1. The van der Waals surface area contributed by atoms with E-state index < -0.39 is 11.9 Å². The average molecular weight is 454 g/mol. The maximum Gasteiger partial charge on any atom is 0.337 e. The Bertz CT molecular complexity index is 1360. The first kappa shape index (κ1) is 22.5. The van der Waals surface area contributed by atoms with Crippen LogP contribution in [0.25, 0.3) is 11.3 Å². The molecule has 1 amide bonds. The molecule has 0 aliphatic carbocycles. The number of aromatic nitrogens is 2. The van der Waals surface area contributed by atoms with Gasteiger partial charge in [0.2, 0.25) is 0 Å². The molecule has 0 spiro atoms. The number of phenolic OH excluding ortho intramolecular Hbond substituents is 1. The largest absolute Gasteiger partial charge is 0.506 e. The molecule has 4 aromatic rings. The van der Waals surface area contributed by atoms with Gasteiger partial charge in [-0.15, -0.1) is 0 Å². The molecule has 1 aromatic heterocycles. The van der Waals surface area contributed by atoms with Crippen LogP contribution in [0.5, 0.6) is 5.75 Å². The van der Waals surface area contributed by atoms with E-state index in [4.69, 9.17) is 0 Å². The zero-order chi connectivity index (χ0) is 24.1. The standard InChI is InChI=1S/C26H22N4O4/c1-16-27-22(17-7-4-3-5-8-17)15-24(28-16)29-20-10-6-9-18(13-20)25(32)30-21-12-11-19(14-23(21)31)26(33)34-2/h3-15,31H,1-2H3,(H,30,32)(H,27,28,29). The van der Waals surface area contributed by atoms with Crippen molar-refractivity contribution in [3.8, 4) is 17.0 Å².